The summed E-state index contributed by atoms with van der Waals surface area (Å²) < 4.78 is 15.3. The summed E-state index contributed by atoms with van der Waals surface area (Å²) in [7, 11) is 1.82. The monoisotopic (exact) mass is 276 g/mol. The first-order chi connectivity index (χ1) is 9.58. The highest BCUT2D eigenvalue weighted by atomic mass is 19.1. The molecule has 0 aliphatic heterocycles. The van der Waals surface area contributed by atoms with E-state index in [2.05, 4.69) is 5.10 Å². The maximum absolute atomic E-state index is 13.6. The number of aryl methyl sites for hydroxylation is 2. The molecule has 0 aliphatic carbocycles. The van der Waals surface area contributed by atoms with Crippen molar-refractivity contribution in [3.8, 4) is 0 Å². The van der Waals surface area contributed by atoms with Gasteiger partial charge in [-0.2, -0.15) is 5.10 Å². The molecule has 0 saturated carbocycles. The number of carbonyl (C=O) groups is 1. The third kappa shape index (κ3) is 3.44. The van der Waals surface area contributed by atoms with Crippen molar-refractivity contribution in [3.05, 3.63) is 53.6 Å². The first-order valence-electron chi connectivity index (χ1n) is 6.51. The number of hydrogen-bond donors (Lipinski definition) is 1. The molecule has 1 N–H and O–H groups in total. The first-order valence-corrected chi connectivity index (χ1v) is 6.51. The average molecular weight is 276 g/mol. The van der Waals surface area contributed by atoms with Crippen molar-refractivity contribution in [1.29, 1.82) is 0 Å². The fourth-order valence-corrected chi connectivity index (χ4v) is 2.21. The molecule has 0 fully saturated rings. The van der Waals surface area contributed by atoms with E-state index in [1.54, 1.807) is 29.1 Å². The minimum atomic E-state index is -0.893. The van der Waals surface area contributed by atoms with Gasteiger partial charge >= 0.3 is 5.97 Å². The molecule has 4 nitrogen and oxygen atoms in total. The van der Waals surface area contributed by atoms with Crippen molar-refractivity contribution in [3.63, 3.8) is 0 Å². The molecule has 0 saturated heterocycles. The Morgan fingerprint density at radius 2 is 2.15 bits per heavy atom. The quantitative estimate of drug-likeness (QED) is 0.881. The van der Waals surface area contributed by atoms with Crippen LogP contribution in [0.3, 0.4) is 0 Å². The predicted octanol–water partition coefficient (Wildman–Crippen LogP) is 2.44. The lowest BCUT2D eigenvalue weighted by Gasteiger charge is -2.13. The second-order valence-corrected chi connectivity index (χ2v) is 4.82. The van der Waals surface area contributed by atoms with Crippen LogP contribution in [0.25, 0.3) is 0 Å². The zero-order valence-corrected chi connectivity index (χ0v) is 11.3. The van der Waals surface area contributed by atoms with Crippen LogP contribution in [0.15, 0.2) is 36.5 Å². The Morgan fingerprint density at radius 1 is 1.40 bits per heavy atom. The van der Waals surface area contributed by atoms with E-state index in [0.717, 1.165) is 5.69 Å². The van der Waals surface area contributed by atoms with Gasteiger partial charge in [-0.1, -0.05) is 18.2 Å². The molecule has 5 heteroatoms. The Hall–Kier alpha value is -2.17. The van der Waals surface area contributed by atoms with Gasteiger partial charge in [-0.25, -0.2) is 4.39 Å². The standard InChI is InChI=1S/C15H17FN2O2/c1-18-13(8-9-17-18)7-6-12(15(19)20)10-11-4-2-3-5-14(11)16/h2-5,8-9,12H,6-7,10H2,1H3,(H,19,20). The smallest absolute Gasteiger partial charge is 0.306 e. The van der Waals surface area contributed by atoms with Crippen molar-refractivity contribution >= 4 is 5.97 Å². The van der Waals surface area contributed by atoms with Crippen LogP contribution < -0.4 is 0 Å². The molecule has 0 amide bonds. The maximum atomic E-state index is 13.6. The molecule has 1 aromatic carbocycles. The molecule has 1 atom stereocenters. The minimum absolute atomic E-state index is 0.208. The number of halogens is 1. The summed E-state index contributed by atoms with van der Waals surface area (Å²) in [5.41, 5.74) is 1.43. The fraction of sp³-hybridized carbons (Fsp3) is 0.333. The van der Waals surface area contributed by atoms with Gasteiger partial charge in [0, 0.05) is 18.9 Å². The molecule has 0 bridgehead atoms. The highest BCUT2D eigenvalue weighted by Crippen LogP contribution is 2.18. The molecule has 2 aromatic rings. The number of aliphatic carboxylic acids is 1. The predicted molar refractivity (Wildman–Crippen MR) is 72.8 cm³/mol. The summed E-state index contributed by atoms with van der Waals surface area (Å²) >= 11 is 0. The number of rotatable bonds is 6. The van der Waals surface area contributed by atoms with Gasteiger partial charge in [0.15, 0.2) is 0 Å². The van der Waals surface area contributed by atoms with Crippen LogP contribution in [-0.2, 0) is 24.7 Å². The number of benzene rings is 1. The Kier molecular flexibility index (Phi) is 4.50. The Labute approximate surface area is 116 Å². The van der Waals surface area contributed by atoms with Crippen molar-refractivity contribution in [1.82, 2.24) is 9.78 Å². The maximum Gasteiger partial charge on any atom is 0.306 e. The molecule has 20 heavy (non-hydrogen) atoms. The molecule has 0 aliphatic rings. The summed E-state index contributed by atoms with van der Waals surface area (Å²) in [6.07, 6.45) is 2.97. The summed E-state index contributed by atoms with van der Waals surface area (Å²) in [5.74, 6) is -1.84. The Morgan fingerprint density at radius 3 is 2.75 bits per heavy atom. The number of carboxylic acids is 1. The van der Waals surface area contributed by atoms with Gasteiger partial charge in [-0.3, -0.25) is 9.48 Å². The van der Waals surface area contributed by atoms with Crippen molar-refractivity contribution < 1.29 is 14.3 Å². The van der Waals surface area contributed by atoms with Crippen LogP contribution >= 0.6 is 0 Å². The molecule has 1 unspecified atom stereocenters. The van der Waals surface area contributed by atoms with E-state index in [4.69, 9.17) is 0 Å². The van der Waals surface area contributed by atoms with E-state index >= 15 is 0 Å². The molecule has 106 valence electrons. The fourth-order valence-electron chi connectivity index (χ4n) is 2.21. The molecular weight excluding hydrogens is 259 g/mol. The number of hydrogen-bond acceptors (Lipinski definition) is 2. The topological polar surface area (TPSA) is 55.1 Å². The third-order valence-corrected chi connectivity index (χ3v) is 3.44. The second-order valence-electron chi connectivity index (χ2n) is 4.82. The lowest BCUT2D eigenvalue weighted by Crippen LogP contribution is -2.18. The van der Waals surface area contributed by atoms with Gasteiger partial charge < -0.3 is 5.11 Å². The zero-order chi connectivity index (χ0) is 14.5. The van der Waals surface area contributed by atoms with Gasteiger partial charge in [0.05, 0.1) is 5.92 Å². The molecular formula is C15H17FN2O2. The number of aromatic nitrogens is 2. The minimum Gasteiger partial charge on any atom is -0.481 e. The van der Waals surface area contributed by atoms with E-state index < -0.39 is 11.9 Å². The third-order valence-electron chi connectivity index (χ3n) is 3.44. The highest BCUT2D eigenvalue weighted by molar-refractivity contribution is 5.70. The SMILES string of the molecule is Cn1nccc1CCC(Cc1ccccc1F)C(=O)O. The summed E-state index contributed by atoms with van der Waals surface area (Å²) in [6.45, 7) is 0. The second kappa shape index (κ2) is 6.32. The van der Waals surface area contributed by atoms with E-state index in [1.165, 1.54) is 6.07 Å². The molecule has 0 spiro atoms. The number of carboxylic acid groups (broad SMARTS) is 1. The van der Waals surface area contributed by atoms with Crippen molar-refractivity contribution in [2.24, 2.45) is 13.0 Å². The van der Waals surface area contributed by atoms with E-state index in [-0.39, 0.29) is 12.2 Å². The van der Waals surface area contributed by atoms with E-state index in [9.17, 15) is 14.3 Å². The lowest BCUT2D eigenvalue weighted by atomic mass is 9.94. The van der Waals surface area contributed by atoms with Gasteiger partial charge in [-0.15, -0.1) is 0 Å². The number of nitrogens with zero attached hydrogens (tertiary/aromatic N) is 2. The Bertz CT molecular complexity index is 595. The van der Waals surface area contributed by atoms with Gasteiger partial charge in [-0.05, 0) is 37.0 Å². The first kappa shape index (κ1) is 14.2. The van der Waals surface area contributed by atoms with E-state index in [0.29, 0.717) is 18.4 Å². The molecule has 0 radical (unpaired) electrons. The summed E-state index contributed by atoms with van der Waals surface area (Å²) in [5, 5.41) is 13.3. The highest BCUT2D eigenvalue weighted by Gasteiger charge is 2.20. The van der Waals surface area contributed by atoms with E-state index in [1.807, 2.05) is 13.1 Å². The van der Waals surface area contributed by atoms with Crippen LogP contribution in [-0.4, -0.2) is 20.9 Å². The van der Waals surface area contributed by atoms with Gasteiger partial charge in [0.2, 0.25) is 0 Å². The molecule has 2 rings (SSSR count). The summed E-state index contributed by atoms with van der Waals surface area (Å²) in [4.78, 5) is 11.3. The van der Waals surface area contributed by atoms with Crippen molar-refractivity contribution in [2.75, 3.05) is 0 Å². The molecule has 1 aromatic heterocycles. The lowest BCUT2D eigenvalue weighted by molar-refractivity contribution is -0.141. The zero-order valence-electron chi connectivity index (χ0n) is 11.3. The van der Waals surface area contributed by atoms with Gasteiger partial charge in [0.1, 0.15) is 5.82 Å². The normalized spacial score (nSPS) is 12.3. The Balaban J connectivity index is 2.03. The summed E-state index contributed by atoms with van der Waals surface area (Å²) in [6, 6.07) is 8.18. The van der Waals surface area contributed by atoms with Crippen LogP contribution in [0.4, 0.5) is 4.39 Å². The average Bonchev–Trinajstić information content (AvgIpc) is 2.82. The van der Waals surface area contributed by atoms with Crippen LogP contribution in [0.1, 0.15) is 17.7 Å². The van der Waals surface area contributed by atoms with Crippen molar-refractivity contribution in [2.45, 2.75) is 19.3 Å². The van der Waals surface area contributed by atoms with Crippen LogP contribution in [0.5, 0.6) is 0 Å². The molecule has 1 heterocycles. The largest absolute Gasteiger partial charge is 0.481 e. The van der Waals surface area contributed by atoms with Gasteiger partial charge in [0.25, 0.3) is 0 Å². The van der Waals surface area contributed by atoms with Crippen LogP contribution in [0.2, 0.25) is 0 Å². The van der Waals surface area contributed by atoms with Crippen LogP contribution in [0, 0.1) is 11.7 Å².